The lowest BCUT2D eigenvalue weighted by Gasteiger charge is -2.40. The molecule has 3 rings (SSSR count). The van der Waals surface area contributed by atoms with Crippen LogP contribution in [0, 0.1) is 4.91 Å². The highest BCUT2D eigenvalue weighted by Gasteiger charge is 2.25. The van der Waals surface area contributed by atoms with Crippen LogP contribution in [0.15, 0.2) is 53.7 Å². The van der Waals surface area contributed by atoms with Crippen LogP contribution in [0.4, 0.5) is 17.1 Å². The molecule has 0 radical (unpaired) electrons. The fraction of sp³-hybridized carbons (Fsp3) is 0.316. The van der Waals surface area contributed by atoms with Crippen molar-refractivity contribution in [2.45, 2.75) is 12.6 Å². The third-order valence-corrected chi connectivity index (χ3v) is 4.71. The molecule has 0 spiro atoms. The molecule has 0 bridgehead atoms. The van der Waals surface area contributed by atoms with E-state index in [-0.39, 0.29) is 6.04 Å². The number of hydrogen-bond donors (Lipinski definition) is 2. The Balaban J connectivity index is 1.76. The summed E-state index contributed by atoms with van der Waals surface area (Å²) in [7, 11) is 0. The van der Waals surface area contributed by atoms with Gasteiger partial charge >= 0.3 is 0 Å². The third-order valence-electron chi connectivity index (χ3n) is 4.71. The molecule has 2 aromatic carbocycles. The van der Waals surface area contributed by atoms with E-state index in [9.17, 15) is 9.70 Å². The number of amides is 1. The molecule has 0 saturated carbocycles. The van der Waals surface area contributed by atoms with Crippen LogP contribution in [-0.4, -0.2) is 43.5 Å². The number of anilines is 2. The van der Waals surface area contributed by atoms with Crippen LogP contribution in [-0.2, 0) is 11.3 Å². The Bertz CT molecular complexity index is 753. The first-order valence-electron chi connectivity index (χ1n) is 8.66. The maximum absolute atomic E-state index is 11.1. The van der Waals surface area contributed by atoms with Gasteiger partial charge in [-0.2, -0.15) is 0 Å². The van der Waals surface area contributed by atoms with E-state index >= 15 is 0 Å². The summed E-state index contributed by atoms with van der Waals surface area (Å²) >= 11 is 0. The number of nitrogens with two attached hydrogens (primary N) is 1. The number of nitrogens with zero attached hydrogens (tertiary/aromatic N) is 3. The number of rotatable bonds is 7. The summed E-state index contributed by atoms with van der Waals surface area (Å²) in [6.07, 6.45) is 0.862. The highest BCUT2D eigenvalue weighted by atomic mass is 16.3. The summed E-state index contributed by atoms with van der Waals surface area (Å²) < 4.78 is 0. The maximum atomic E-state index is 11.1. The van der Waals surface area contributed by atoms with Crippen molar-refractivity contribution in [1.82, 2.24) is 4.90 Å². The van der Waals surface area contributed by atoms with Crippen LogP contribution in [0.1, 0.15) is 5.56 Å². The summed E-state index contributed by atoms with van der Waals surface area (Å²) in [6, 6.07) is 15.5. The van der Waals surface area contributed by atoms with E-state index in [4.69, 9.17) is 5.73 Å². The Morgan fingerprint density at radius 1 is 1.19 bits per heavy atom. The van der Waals surface area contributed by atoms with Crippen molar-refractivity contribution in [3.05, 3.63) is 59.0 Å². The topological polar surface area (TPSA) is 91.0 Å². The average Bonchev–Trinajstić information content (AvgIpc) is 2.72. The van der Waals surface area contributed by atoms with Crippen LogP contribution in [0.25, 0.3) is 0 Å². The van der Waals surface area contributed by atoms with Gasteiger partial charge in [0, 0.05) is 38.4 Å². The first-order valence-corrected chi connectivity index (χ1v) is 8.66. The van der Waals surface area contributed by atoms with Gasteiger partial charge < -0.3 is 20.9 Å². The van der Waals surface area contributed by atoms with Crippen molar-refractivity contribution < 1.29 is 4.79 Å². The second-order valence-electron chi connectivity index (χ2n) is 6.31. The summed E-state index contributed by atoms with van der Waals surface area (Å²) in [4.78, 5) is 26.2. The number of piperazine rings is 1. The molecule has 1 unspecified atom stereocenters. The molecular weight excluding hydrogens is 330 g/mol. The van der Waals surface area contributed by atoms with Crippen LogP contribution < -0.4 is 16.0 Å². The lowest BCUT2D eigenvalue weighted by atomic mass is 10.1. The Hall–Kier alpha value is -2.93. The molecule has 0 aromatic heterocycles. The van der Waals surface area contributed by atoms with E-state index in [1.165, 1.54) is 0 Å². The molecule has 2 aromatic rings. The van der Waals surface area contributed by atoms with Crippen LogP contribution >= 0.6 is 0 Å². The largest absolute Gasteiger partial charge is 0.379 e. The summed E-state index contributed by atoms with van der Waals surface area (Å²) in [6.45, 7) is 3.05. The standard InChI is InChI=1S/C19H23N5O2/c20-11-17-13-23(8-9-24(17)14-25)16-6-7-18(22-26)19(10-16)21-12-15-4-2-1-3-5-15/h1-7,10,14,17,21H,8-9,11-13,20H2. The average molecular weight is 353 g/mol. The van der Waals surface area contributed by atoms with E-state index in [1.807, 2.05) is 42.5 Å². The van der Waals surface area contributed by atoms with Gasteiger partial charge in [-0.05, 0) is 28.9 Å². The van der Waals surface area contributed by atoms with Crippen LogP contribution in [0.2, 0.25) is 0 Å². The highest BCUT2D eigenvalue weighted by molar-refractivity contribution is 5.72. The van der Waals surface area contributed by atoms with E-state index in [2.05, 4.69) is 15.4 Å². The smallest absolute Gasteiger partial charge is 0.210 e. The highest BCUT2D eigenvalue weighted by Crippen LogP contribution is 2.31. The van der Waals surface area contributed by atoms with Gasteiger partial charge in [-0.15, -0.1) is 4.91 Å². The third kappa shape index (κ3) is 4.00. The number of carbonyl (C=O) groups is 1. The van der Waals surface area contributed by atoms with E-state index in [1.54, 1.807) is 11.0 Å². The van der Waals surface area contributed by atoms with Crippen molar-refractivity contribution in [3.63, 3.8) is 0 Å². The van der Waals surface area contributed by atoms with Crippen LogP contribution in [0.3, 0.4) is 0 Å². The van der Waals surface area contributed by atoms with Crippen molar-refractivity contribution in [2.75, 3.05) is 36.4 Å². The van der Waals surface area contributed by atoms with E-state index in [0.29, 0.717) is 37.6 Å². The van der Waals surface area contributed by atoms with Gasteiger partial charge in [0.25, 0.3) is 0 Å². The molecule has 7 heteroatoms. The van der Waals surface area contributed by atoms with Gasteiger partial charge in [0.15, 0.2) is 0 Å². The van der Waals surface area contributed by atoms with Gasteiger partial charge in [-0.25, -0.2) is 0 Å². The zero-order chi connectivity index (χ0) is 18.4. The molecule has 1 fully saturated rings. The normalized spacial score (nSPS) is 17.0. The minimum absolute atomic E-state index is 0.00847. The molecule has 1 aliphatic rings. The monoisotopic (exact) mass is 353 g/mol. The Morgan fingerprint density at radius 3 is 2.69 bits per heavy atom. The Kier molecular flexibility index (Phi) is 5.80. The molecule has 1 aliphatic heterocycles. The minimum atomic E-state index is -0.00847. The van der Waals surface area contributed by atoms with Crippen molar-refractivity contribution in [3.8, 4) is 0 Å². The zero-order valence-corrected chi connectivity index (χ0v) is 14.5. The molecular formula is C19H23N5O2. The number of hydrogen-bond acceptors (Lipinski definition) is 6. The predicted molar refractivity (Wildman–Crippen MR) is 103 cm³/mol. The quantitative estimate of drug-likeness (QED) is 0.589. The SMILES string of the molecule is NCC1CN(c2ccc(N=O)c(NCc3ccccc3)c2)CCN1C=O. The molecule has 136 valence electrons. The van der Waals surface area contributed by atoms with Crippen LogP contribution in [0.5, 0.6) is 0 Å². The first-order chi connectivity index (χ1) is 12.7. The fourth-order valence-electron chi connectivity index (χ4n) is 3.19. The number of nitrogens with one attached hydrogen (secondary N) is 1. The van der Waals surface area contributed by atoms with Crippen molar-refractivity contribution in [1.29, 1.82) is 0 Å². The molecule has 26 heavy (non-hydrogen) atoms. The molecule has 1 saturated heterocycles. The van der Waals surface area contributed by atoms with Gasteiger partial charge in [0.1, 0.15) is 5.69 Å². The molecule has 1 atom stereocenters. The van der Waals surface area contributed by atoms with E-state index < -0.39 is 0 Å². The molecule has 0 aliphatic carbocycles. The molecule has 7 nitrogen and oxygen atoms in total. The Labute approximate surface area is 152 Å². The summed E-state index contributed by atoms with van der Waals surface area (Å²) in [5, 5.41) is 6.41. The number of benzene rings is 2. The zero-order valence-electron chi connectivity index (χ0n) is 14.5. The van der Waals surface area contributed by atoms with E-state index in [0.717, 1.165) is 24.2 Å². The summed E-state index contributed by atoms with van der Waals surface area (Å²) in [5.74, 6) is 0. The second-order valence-corrected chi connectivity index (χ2v) is 6.31. The lowest BCUT2D eigenvalue weighted by Crippen LogP contribution is -2.55. The Morgan fingerprint density at radius 2 is 2.00 bits per heavy atom. The number of carbonyl (C=O) groups excluding carboxylic acids is 1. The predicted octanol–water partition coefficient (Wildman–Crippen LogP) is 2.30. The fourth-order valence-corrected chi connectivity index (χ4v) is 3.19. The molecule has 1 heterocycles. The van der Waals surface area contributed by atoms with Gasteiger partial charge in [-0.3, -0.25) is 4.79 Å². The van der Waals surface area contributed by atoms with Gasteiger partial charge in [0.05, 0.1) is 11.7 Å². The second kappa shape index (κ2) is 8.44. The van der Waals surface area contributed by atoms with Gasteiger partial charge in [0.2, 0.25) is 6.41 Å². The molecule has 1 amide bonds. The van der Waals surface area contributed by atoms with Crippen molar-refractivity contribution in [2.24, 2.45) is 10.9 Å². The number of nitroso groups, excluding NO2 is 1. The maximum Gasteiger partial charge on any atom is 0.210 e. The first kappa shape index (κ1) is 17.9. The molecule has 3 N–H and O–H groups in total. The van der Waals surface area contributed by atoms with Gasteiger partial charge in [-0.1, -0.05) is 30.3 Å². The lowest BCUT2D eigenvalue weighted by molar-refractivity contribution is -0.120. The summed E-state index contributed by atoms with van der Waals surface area (Å²) in [5.41, 5.74) is 8.99. The van der Waals surface area contributed by atoms with Crippen molar-refractivity contribution >= 4 is 23.5 Å². The minimum Gasteiger partial charge on any atom is -0.379 e.